The number of rotatable bonds is 6. The lowest BCUT2D eigenvalue weighted by molar-refractivity contribution is 0.102. The summed E-state index contributed by atoms with van der Waals surface area (Å²) < 4.78 is 11.8. The first-order chi connectivity index (χ1) is 14.5. The summed E-state index contributed by atoms with van der Waals surface area (Å²) in [7, 11) is 1.47. The fourth-order valence-corrected chi connectivity index (χ4v) is 3.47. The highest BCUT2D eigenvalue weighted by atomic mass is 127. The molecule has 0 saturated heterocycles. The number of anilines is 1. The van der Waals surface area contributed by atoms with Crippen molar-refractivity contribution in [2.45, 2.75) is 11.8 Å². The number of aromatic nitrogens is 2. The fourth-order valence-electron chi connectivity index (χ4n) is 2.64. The Bertz CT molecular complexity index is 1150. The zero-order valence-corrected chi connectivity index (χ0v) is 19.4. The van der Waals surface area contributed by atoms with Gasteiger partial charge in [0, 0.05) is 22.2 Å². The predicted octanol–water partition coefficient (Wildman–Crippen LogP) is 5.04. The predicted molar refractivity (Wildman–Crippen MR) is 123 cm³/mol. The molecule has 1 heterocycles. The van der Waals surface area contributed by atoms with Gasteiger partial charge in [0.2, 0.25) is 0 Å². The summed E-state index contributed by atoms with van der Waals surface area (Å²) in [6.45, 7) is 1.78. The number of carbonyl (C=O) groups excluding carboxylic acids is 1. The van der Waals surface area contributed by atoms with E-state index in [1.807, 2.05) is 59.2 Å². The van der Waals surface area contributed by atoms with Crippen LogP contribution in [0.5, 0.6) is 17.4 Å². The van der Waals surface area contributed by atoms with Crippen molar-refractivity contribution >= 4 is 45.9 Å². The molecule has 7 nitrogen and oxygen atoms in total. The molecular weight excluding hydrogens is 515 g/mol. The summed E-state index contributed by atoms with van der Waals surface area (Å²) in [6.07, 6.45) is 1.97. The van der Waals surface area contributed by atoms with Gasteiger partial charge in [-0.3, -0.25) is 4.79 Å². The van der Waals surface area contributed by atoms with E-state index in [0.29, 0.717) is 32.0 Å². The molecule has 1 amide bonds. The summed E-state index contributed by atoms with van der Waals surface area (Å²) in [4.78, 5) is 14.1. The van der Waals surface area contributed by atoms with E-state index in [9.17, 15) is 4.79 Å². The number of carbonyl (C=O) groups is 1. The average Bonchev–Trinajstić information content (AvgIpc) is 2.76. The number of nitriles is 1. The standard InChI is InChI=1S/C21H17IN4O3S/c1-12-18(20(27)24-14-5-4-6-15(10-14)30-3)21(26-25-19(12)22)29-16-8-7-13(11-23)9-17(16)28-2/h4-10H,1-3H3,(H,24,27). The van der Waals surface area contributed by atoms with Crippen molar-refractivity contribution < 1.29 is 14.3 Å². The van der Waals surface area contributed by atoms with Gasteiger partial charge in [-0.1, -0.05) is 6.07 Å². The highest BCUT2D eigenvalue weighted by Crippen LogP contribution is 2.34. The number of nitrogens with zero attached hydrogens (tertiary/aromatic N) is 3. The van der Waals surface area contributed by atoms with Crippen molar-refractivity contribution in [1.29, 1.82) is 5.26 Å². The van der Waals surface area contributed by atoms with Crippen LogP contribution in [0.15, 0.2) is 47.4 Å². The number of benzene rings is 2. The molecule has 0 saturated carbocycles. The Labute approximate surface area is 191 Å². The second-order valence-corrected chi connectivity index (χ2v) is 7.96. The largest absolute Gasteiger partial charge is 0.493 e. The highest BCUT2D eigenvalue weighted by molar-refractivity contribution is 14.1. The minimum Gasteiger partial charge on any atom is -0.493 e. The topological polar surface area (TPSA) is 97.1 Å². The van der Waals surface area contributed by atoms with Gasteiger partial charge >= 0.3 is 0 Å². The van der Waals surface area contributed by atoms with E-state index in [-0.39, 0.29) is 17.4 Å². The monoisotopic (exact) mass is 532 g/mol. The zero-order chi connectivity index (χ0) is 21.7. The van der Waals surface area contributed by atoms with Crippen molar-refractivity contribution in [2.24, 2.45) is 0 Å². The number of ether oxygens (including phenoxy) is 2. The van der Waals surface area contributed by atoms with E-state index in [4.69, 9.17) is 14.7 Å². The molecule has 3 aromatic rings. The van der Waals surface area contributed by atoms with Gasteiger partial charge in [-0.05, 0) is 66.1 Å². The molecule has 3 rings (SSSR count). The van der Waals surface area contributed by atoms with E-state index >= 15 is 0 Å². The molecule has 0 aliphatic rings. The van der Waals surface area contributed by atoms with Crippen LogP contribution in [0.25, 0.3) is 0 Å². The lowest BCUT2D eigenvalue weighted by Crippen LogP contribution is -2.17. The van der Waals surface area contributed by atoms with Gasteiger partial charge in [-0.25, -0.2) is 0 Å². The average molecular weight is 532 g/mol. The summed E-state index contributed by atoms with van der Waals surface area (Å²) in [6, 6.07) is 14.3. The molecule has 0 radical (unpaired) electrons. The number of hydrogen-bond donors (Lipinski definition) is 1. The fraction of sp³-hybridized carbons (Fsp3) is 0.143. The normalized spacial score (nSPS) is 10.2. The smallest absolute Gasteiger partial charge is 0.261 e. The van der Waals surface area contributed by atoms with Crippen molar-refractivity contribution in [2.75, 3.05) is 18.7 Å². The SMILES string of the molecule is COc1cc(C#N)ccc1Oc1nnc(I)c(C)c1C(=O)Nc1cccc(SC)c1. The first kappa shape index (κ1) is 21.9. The van der Waals surface area contributed by atoms with Crippen LogP contribution in [-0.4, -0.2) is 29.5 Å². The third-order valence-corrected chi connectivity index (χ3v) is 5.93. The number of nitrogens with one attached hydrogen (secondary N) is 1. The number of amides is 1. The molecule has 0 aliphatic carbocycles. The maximum absolute atomic E-state index is 13.1. The third kappa shape index (κ3) is 4.83. The van der Waals surface area contributed by atoms with Crippen LogP contribution in [0, 0.1) is 22.0 Å². The highest BCUT2D eigenvalue weighted by Gasteiger charge is 2.22. The van der Waals surface area contributed by atoms with Gasteiger partial charge in [0.05, 0.1) is 18.7 Å². The molecule has 30 heavy (non-hydrogen) atoms. The first-order valence-corrected chi connectivity index (χ1v) is 11.0. The van der Waals surface area contributed by atoms with E-state index in [2.05, 4.69) is 15.5 Å². The zero-order valence-electron chi connectivity index (χ0n) is 16.4. The Morgan fingerprint density at radius 2 is 2.00 bits per heavy atom. The summed E-state index contributed by atoms with van der Waals surface area (Å²) >= 11 is 3.61. The van der Waals surface area contributed by atoms with Gasteiger partial charge in [0.25, 0.3) is 11.8 Å². The van der Waals surface area contributed by atoms with Crippen LogP contribution in [0.4, 0.5) is 5.69 Å². The Morgan fingerprint density at radius 1 is 1.20 bits per heavy atom. The molecule has 0 unspecified atom stereocenters. The quantitative estimate of drug-likeness (QED) is 0.351. The van der Waals surface area contributed by atoms with Gasteiger partial charge in [-0.15, -0.1) is 22.0 Å². The van der Waals surface area contributed by atoms with Crippen molar-refractivity contribution in [1.82, 2.24) is 10.2 Å². The van der Waals surface area contributed by atoms with Crippen LogP contribution in [0.2, 0.25) is 0 Å². The van der Waals surface area contributed by atoms with Crippen LogP contribution >= 0.6 is 34.4 Å². The summed E-state index contributed by atoms with van der Waals surface area (Å²) in [5.74, 6) is 0.367. The van der Waals surface area contributed by atoms with E-state index in [1.54, 1.807) is 36.9 Å². The maximum atomic E-state index is 13.1. The molecule has 152 valence electrons. The first-order valence-electron chi connectivity index (χ1n) is 8.71. The van der Waals surface area contributed by atoms with Crippen LogP contribution in [0.1, 0.15) is 21.5 Å². The van der Waals surface area contributed by atoms with Crippen LogP contribution < -0.4 is 14.8 Å². The molecule has 0 bridgehead atoms. The Morgan fingerprint density at radius 3 is 2.70 bits per heavy atom. The van der Waals surface area contributed by atoms with Crippen molar-refractivity contribution in [3.05, 3.63) is 62.9 Å². The van der Waals surface area contributed by atoms with Crippen LogP contribution in [-0.2, 0) is 0 Å². The molecule has 0 atom stereocenters. The second kappa shape index (κ2) is 9.77. The molecule has 0 fully saturated rings. The molecule has 9 heteroatoms. The van der Waals surface area contributed by atoms with Gasteiger partial charge in [-0.2, -0.15) is 5.26 Å². The van der Waals surface area contributed by atoms with Crippen molar-refractivity contribution in [3.8, 4) is 23.4 Å². The molecule has 0 spiro atoms. The molecule has 1 aromatic heterocycles. The van der Waals surface area contributed by atoms with Gasteiger partial charge in [0.15, 0.2) is 11.5 Å². The minimum absolute atomic E-state index is 0.0504. The molecular formula is C21H17IN4O3S. The number of hydrogen-bond acceptors (Lipinski definition) is 7. The number of methoxy groups -OCH3 is 1. The van der Waals surface area contributed by atoms with E-state index in [0.717, 1.165) is 4.90 Å². The number of thioether (sulfide) groups is 1. The Balaban J connectivity index is 1.98. The van der Waals surface area contributed by atoms with E-state index < -0.39 is 0 Å². The lowest BCUT2D eigenvalue weighted by Gasteiger charge is -2.15. The van der Waals surface area contributed by atoms with E-state index in [1.165, 1.54) is 7.11 Å². The molecule has 1 N–H and O–H groups in total. The maximum Gasteiger partial charge on any atom is 0.261 e. The number of halogens is 1. The summed E-state index contributed by atoms with van der Waals surface area (Å²) in [5.41, 5.74) is 2.01. The second-order valence-electron chi connectivity index (χ2n) is 6.06. The van der Waals surface area contributed by atoms with Gasteiger partial charge < -0.3 is 14.8 Å². The van der Waals surface area contributed by atoms with Crippen molar-refractivity contribution in [3.63, 3.8) is 0 Å². The third-order valence-electron chi connectivity index (χ3n) is 4.18. The summed E-state index contributed by atoms with van der Waals surface area (Å²) in [5, 5.41) is 20.1. The minimum atomic E-state index is -0.360. The Hall–Kier alpha value is -2.84. The van der Waals surface area contributed by atoms with Gasteiger partial charge in [0.1, 0.15) is 9.26 Å². The molecule has 0 aliphatic heterocycles. The lowest BCUT2D eigenvalue weighted by atomic mass is 10.1. The van der Waals surface area contributed by atoms with Crippen LogP contribution in [0.3, 0.4) is 0 Å². The Kier molecular flexibility index (Phi) is 7.12. The molecule has 2 aromatic carbocycles.